The van der Waals surface area contributed by atoms with Gasteiger partial charge in [0.1, 0.15) is 5.75 Å². The third-order valence-electron chi connectivity index (χ3n) is 6.10. The van der Waals surface area contributed by atoms with Crippen LogP contribution in [-0.4, -0.2) is 41.4 Å². The zero-order valence-electron chi connectivity index (χ0n) is 18.0. The highest BCUT2D eigenvalue weighted by molar-refractivity contribution is 7.14. The van der Waals surface area contributed by atoms with Crippen LogP contribution < -0.4 is 10.1 Å². The molecule has 1 aromatic heterocycles. The number of ether oxygens (including phenoxy) is 1. The van der Waals surface area contributed by atoms with E-state index in [0.717, 1.165) is 48.4 Å². The topological polar surface area (TPSA) is 71.5 Å². The van der Waals surface area contributed by atoms with Crippen molar-refractivity contribution in [2.75, 3.05) is 25.0 Å². The number of fused-ring (bicyclic) bond motifs is 1. The van der Waals surface area contributed by atoms with Crippen molar-refractivity contribution in [2.45, 2.75) is 26.2 Å². The van der Waals surface area contributed by atoms with Crippen molar-refractivity contribution in [3.63, 3.8) is 0 Å². The molecule has 0 spiro atoms. The molecule has 2 aromatic carbocycles. The van der Waals surface area contributed by atoms with Gasteiger partial charge in [0.2, 0.25) is 5.91 Å². The fourth-order valence-electron chi connectivity index (χ4n) is 4.27. The van der Waals surface area contributed by atoms with Gasteiger partial charge >= 0.3 is 0 Å². The first-order valence-electron chi connectivity index (χ1n) is 11.0. The number of rotatable bonds is 4. The van der Waals surface area contributed by atoms with Gasteiger partial charge in [0.25, 0.3) is 5.91 Å². The third-order valence-corrected chi connectivity index (χ3v) is 6.86. The Hall–Kier alpha value is -3.19. The second-order valence-electron chi connectivity index (χ2n) is 8.40. The van der Waals surface area contributed by atoms with E-state index in [-0.39, 0.29) is 17.7 Å². The van der Waals surface area contributed by atoms with E-state index in [1.807, 2.05) is 48.7 Å². The van der Waals surface area contributed by atoms with Crippen molar-refractivity contribution in [1.82, 2.24) is 9.88 Å². The van der Waals surface area contributed by atoms with E-state index in [4.69, 9.17) is 4.74 Å². The number of aromatic nitrogens is 1. The van der Waals surface area contributed by atoms with Gasteiger partial charge < -0.3 is 15.0 Å². The monoisotopic (exact) mass is 447 g/mol. The van der Waals surface area contributed by atoms with Gasteiger partial charge in [-0.25, -0.2) is 4.98 Å². The number of thiazole rings is 1. The van der Waals surface area contributed by atoms with Gasteiger partial charge in [0.05, 0.1) is 18.2 Å². The molecule has 3 aromatic rings. The molecule has 32 heavy (non-hydrogen) atoms. The molecule has 1 atom stereocenters. The zero-order valence-corrected chi connectivity index (χ0v) is 18.8. The Labute approximate surface area is 191 Å². The van der Waals surface area contributed by atoms with Crippen LogP contribution in [0.4, 0.5) is 5.13 Å². The molecular formula is C25H25N3O3S. The van der Waals surface area contributed by atoms with Gasteiger partial charge in [-0.2, -0.15) is 0 Å². The highest BCUT2D eigenvalue weighted by Gasteiger charge is 2.29. The summed E-state index contributed by atoms with van der Waals surface area (Å²) in [7, 11) is 0. The molecular weight excluding hydrogens is 422 g/mol. The number of nitrogens with one attached hydrogen (secondary N) is 1. The minimum absolute atomic E-state index is 0.0142. The minimum atomic E-state index is -0.234. The van der Waals surface area contributed by atoms with E-state index < -0.39 is 0 Å². The van der Waals surface area contributed by atoms with Crippen LogP contribution in [0.5, 0.6) is 5.75 Å². The van der Waals surface area contributed by atoms with Crippen molar-refractivity contribution in [1.29, 1.82) is 0 Å². The first-order chi connectivity index (χ1) is 15.6. The van der Waals surface area contributed by atoms with Crippen molar-refractivity contribution in [2.24, 2.45) is 5.92 Å². The van der Waals surface area contributed by atoms with E-state index in [1.165, 1.54) is 16.9 Å². The molecule has 6 nitrogen and oxygen atoms in total. The number of nitrogens with zero attached hydrogens (tertiary/aromatic N) is 2. The van der Waals surface area contributed by atoms with Crippen molar-refractivity contribution >= 4 is 28.3 Å². The Kier molecular flexibility index (Phi) is 5.66. The minimum Gasteiger partial charge on any atom is -0.493 e. The maximum Gasteiger partial charge on any atom is 0.253 e. The van der Waals surface area contributed by atoms with Crippen molar-refractivity contribution in [3.05, 3.63) is 64.5 Å². The molecule has 164 valence electrons. The summed E-state index contributed by atoms with van der Waals surface area (Å²) >= 11 is 1.42. The Morgan fingerprint density at radius 3 is 2.88 bits per heavy atom. The third kappa shape index (κ3) is 4.25. The number of hydrogen-bond acceptors (Lipinski definition) is 5. The lowest BCUT2D eigenvalue weighted by molar-refractivity contribution is -0.121. The molecule has 7 heteroatoms. The summed E-state index contributed by atoms with van der Waals surface area (Å²) in [6.07, 6.45) is 2.50. The lowest BCUT2D eigenvalue weighted by Crippen LogP contribution is -2.43. The van der Waals surface area contributed by atoms with Gasteiger partial charge in [-0.3, -0.25) is 9.59 Å². The molecule has 5 rings (SSSR count). The number of piperidine rings is 1. The smallest absolute Gasteiger partial charge is 0.253 e. The van der Waals surface area contributed by atoms with Crippen LogP contribution >= 0.6 is 11.3 Å². The van der Waals surface area contributed by atoms with Gasteiger partial charge in [-0.15, -0.1) is 11.3 Å². The predicted octanol–water partition coefficient (Wildman–Crippen LogP) is 4.54. The quantitative estimate of drug-likeness (QED) is 0.637. The van der Waals surface area contributed by atoms with Crippen LogP contribution in [0.2, 0.25) is 0 Å². The molecule has 3 heterocycles. The van der Waals surface area contributed by atoms with Crippen LogP contribution in [0.15, 0.2) is 47.8 Å². The molecule has 1 unspecified atom stereocenters. The average Bonchev–Trinajstić information content (AvgIpc) is 3.48. The van der Waals surface area contributed by atoms with Crippen LogP contribution in [0, 0.1) is 12.8 Å². The lowest BCUT2D eigenvalue weighted by Gasteiger charge is -2.32. The number of anilines is 1. The number of aryl methyl sites for hydroxylation is 1. The summed E-state index contributed by atoms with van der Waals surface area (Å²) < 4.78 is 5.57. The van der Waals surface area contributed by atoms with Gasteiger partial charge in [-0.1, -0.05) is 17.7 Å². The fraction of sp³-hybridized carbons (Fsp3) is 0.320. The summed E-state index contributed by atoms with van der Waals surface area (Å²) in [6.45, 7) is 3.84. The van der Waals surface area contributed by atoms with E-state index in [0.29, 0.717) is 23.8 Å². The highest BCUT2D eigenvalue weighted by atomic mass is 32.1. The van der Waals surface area contributed by atoms with Gasteiger partial charge in [0.15, 0.2) is 5.13 Å². The zero-order chi connectivity index (χ0) is 22.1. The Balaban J connectivity index is 1.23. The maximum absolute atomic E-state index is 12.9. The van der Waals surface area contributed by atoms with Crippen LogP contribution in [0.3, 0.4) is 0 Å². The number of benzene rings is 2. The molecule has 1 saturated heterocycles. The fourth-order valence-corrected chi connectivity index (χ4v) is 4.99. The molecule has 0 saturated carbocycles. The molecule has 2 amide bonds. The number of hydrogen-bond donors (Lipinski definition) is 1. The van der Waals surface area contributed by atoms with Crippen molar-refractivity contribution in [3.8, 4) is 17.0 Å². The summed E-state index contributed by atoms with van der Waals surface area (Å²) in [5, 5.41) is 5.51. The molecule has 0 aliphatic carbocycles. The first kappa shape index (κ1) is 20.7. The molecule has 1 fully saturated rings. The number of likely N-dealkylation sites (tertiary alicyclic amines) is 1. The van der Waals surface area contributed by atoms with E-state index in [1.54, 1.807) is 4.90 Å². The summed E-state index contributed by atoms with van der Waals surface area (Å²) in [4.78, 5) is 32.2. The highest BCUT2D eigenvalue weighted by Crippen LogP contribution is 2.32. The largest absolute Gasteiger partial charge is 0.493 e. The summed E-state index contributed by atoms with van der Waals surface area (Å²) in [5.74, 6) is 0.622. The number of carbonyl (C=O) groups excluding carboxylic acids is 2. The van der Waals surface area contributed by atoms with Gasteiger partial charge in [0, 0.05) is 36.0 Å². The van der Waals surface area contributed by atoms with Crippen LogP contribution in [0.1, 0.15) is 34.3 Å². The second kappa shape index (κ2) is 8.74. The molecule has 2 aliphatic heterocycles. The standard InChI is InChI=1S/C25H25N3O3S/c1-16-4-6-17(7-5-16)24(30)28-11-2-3-20(14-28)23(29)27-25-26-21(15-32-25)18-8-9-22-19(13-18)10-12-31-22/h4-9,13,15,20H,2-3,10-12,14H2,1H3,(H,26,27,29). The average molecular weight is 448 g/mol. The first-order valence-corrected chi connectivity index (χ1v) is 11.8. The molecule has 0 radical (unpaired) electrons. The van der Waals surface area contributed by atoms with E-state index in [2.05, 4.69) is 16.4 Å². The Morgan fingerprint density at radius 2 is 2.03 bits per heavy atom. The molecule has 0 bridgehead atoms. The van der Waals surface area contributed by atoms with Crippen molar-refractivity contribution < 1.29 is 14.3 Å². The maximum atomic E-state index is 12.9. The van der Waals surface area contributed by atoms with Crippen LogP contribution in [0.25, 0.3) is 11.3 Å². The van der Waals surface area contributed by atoms with E-state index >= 15 is 0 Å². The second-order valence-corrected chi connectivity index (χ2v) is 9.26. The van der Waals surface area contributed by atoms with Gasteiger partial charge in [-0.05, 0) is 55.7 Å². The lowest BCUT2D eigenvalue weighted by atomic mass is 9.96. The van der Waals surface area contributed by atoms with E-state index in [9.17, 15) is 9.59 Å². The number of carbonyl (C=O) groups is 2. The summed E-state index contributed by atoms with van der Waals surface area (Å²) in [5.41, 5.74) is 4.86. The Bertz CT molecular complexity index is 1160. The summed E-state index contributed by atoms with van der Waals surface area (Å²) in [6, 6.07) is 13.7. The molecule has 2 aliphatic rings. The Morgan fingerprint density at radius 1 is 1.19 bits per heavy atom. The predicted molar refractivity (Wildman–Crippen MR) is 125 cm³/mol. The number of amides is 2. The molecule has 1 N–H and O–H groups in total. The normalized spacial score (nSPS) is 17.5. The van der Waals surface area contributed by atoms with Crippen LogP contribution in [-0.2, 0) is 11.2 Å². The SMILES string of the molecule is Cc1ccc(C(=O)N2CCCC(C(=O)Nc3nc(-c4ccc5c(c4)CCO5)cs3)C2)cc1.